The fraction of sp³-hybridized carbons (Fsp3) is 0.318. The number of hydrogen-bond acceptors (Lipinski definition) is 4. The van der Waals surface area contributed by atoms with Gasteiger partial charge in [-0.3, -0.25) is 9.36 Å². The van der Waals surface area contributed by atoms with Crippen molar-refractivity contribution in [1.29, 1.82) is 0 Å². The van der Waals surface area contributed by atoms with Crippen LogP contribution in [-0.2, 0) is 11.3 Å². The van der Waals surface area contributed by atoms with Crippen molar-refractivity contribution < 1.29 is 4.79 Å². The van der Waals surface area contributed by atoms with Crippen LogP contribution in [0.25, 0.3) is 11.4 Å². The van der Waals surface area contributed by atoms with Gasteiger partial charge in [0.1, 0.15) is 0 Å². The molecule has 0 aliphatic heterocycles. The van der Waals surface area contributed by atoms with Gasteiger partial charge in [0, 0.05) is 16.1 Å². The van der Waals surface area contributed by atoms with Crippen LogP contribution in [0.15, 0.2) is 64.2 Å². The largest absolute Gasteiger partial charge is 0.353 e. The molecule has 1 atom stereocenters. The number of carbonyl (C=O) groups is 1. The smallest absolute Gasteiger partial charge is 0.230 e. The summed E-state index contributed by atoms with van der Waals surface area (Å²) in [5, 5.41) is 12.6. The summed E-state index contributed by atoms with van der Waals surface area (Å²) in [6.07, 6.45) is 0. The van der Waals surface area contributed by atoms with Gasteiger partial charge < -0.3 is 5.32 Å². The lowest BCUT2D eigenvalue weighted by Crippen LogP contribution is -2.37. The quantitative estimate of drug-likeness (QED) is 0.468. The lowest BCUT2D eigenvalue weighted by molar-refractivity contribution is -0.119. The third-order valence-corrected chi connectivity index (χ3v) is 6.39. The Morgan fingerprint density at radius 3 is 2.45 bits per heavy atom. The van der Waals surface area contributed by atoms with Gasteiger partial charge in [0.15, 0.2) is 11.0 Å². The van der Waals surface area contributed by atoms with E-state index in [-0.39, 0.29) is 11.9 Å². The van der Waals surface area contributed by atoms with Gasteiger partial charge in [-0.2, -0.15) is 0 Å². The molecule has 0 fully saturated rings. The fourth-order valence-corrected chi connectivity index (χ4v) is 3.95. The van der Waals surface area contributed by atoms with Crippen molar-refractivity contribution in [3.63, 3.8) is 0 Å². The molecule has 2 aromatic carbocycles. The number of aromatic nitrogens is 3. The predicted octanol–water partition coefficient (Wildman–Crippen LogP) is 5.01. The molecule has 1 aromatic heterocycles. The van der Waals surface area contributed by atoms with Crippen molar-refractivity contribution in [3.8, 4) is 11.4 Å². The summed E-state index contributed by atoms with van der Waals surface area (Å²) in [6, 6.07) is 18.3. The van der Waals surface area contributed by atoms with E-state index >= 15 is 0 Å². The van der Waals surface area contributed by atoms with E-state index in [1.54, 1.807) is 0 Å². The van der Waals surface area contributed by atoms with Crippen LogP contribution >= 0.6 is 27.7 Å². The van der Waals surface area contributed by atoms with Gasteiger partial charge in [0.05, 0.1) is 12.3 Å². The molecule has 7 heteroatoms. The first-order valence-corrected chi connectivity index (χ1v) is 11.4. The summed E-state index contributed by atoms with van der Waals surface area (Å²) in [7, 11) is 0. The normalized spacial score (nSPS) is 12.2. The summed E-state index contributed by atoms with van der Waals surface area (Å²) >= 11 is 5.02. The highest BCUT2D eigenvalue weighted by atomic mass is 79.9. The maximum absolute atomic E-state index is 12.3. The molecule has 152 valence electrons. The van der Waals surface area contributed by atoms with Crippen LogP contribution in [-0.4, -0.2) is 32.5 Å². The lowest BCUT2D eigenvalue weighted by atomic mass is 10.1. The van der Waals surface area contributed by atoms with E-state index in [4.69, 9.17) is 0 Å². The van der Waals surface area contributed by atoms with E-state index in [1.165, 1.54) is 11.8 Å². The van der Waals surface area contributed by atoms with Gasteiger partial charge >= 0.3 is 0 Å². The van der Waals surface area contributed by atoms with Crippen molar-refractivity contribution in [1.82, 2.24) is 20.1 Å². The molecule has 29 heavy (non-hydrogen) atoms. The van der Waals surface area contributed by atoms with E-state index < -0.39 is 0 Å². The number of amides is 1. The highest BCUT2D eigenvalue weighted by Crippen LogP contribution is 2.30. The third kappa shape index (κ3) is 5.70. The first-order valence-electron chi connectivity index (χ1n) is 9.60. The highest BCUT2D eigenvalue weighted by Gasteiger charge is 2.18. The number of rotatable bonds is 8. The first kappa shape index (κ1) is 21.6. The minimum Gasteiger partial charge on any atom is -0.353 e. The molecule has 0 saturated heterocycles. The second kappa shape index (κ2) is 10.1. The van der Waals surface area contributed by atoms with Gasteiger partial charge in [-0.1, -0.05) is 90.1 Å². The third-order valence-electron chi connectivity index (χ3n) is 4.74. The van der Waals surface area contributed by atoms with Gasteiger partial charge in [-0.15, -0.1) is 10.2 Å². The second-order valence-corrected chi connectivity index (χ2v) is 9.04. The Labute approximate surface area is 184 Å². The number of carbonyl (C=O) groups excluding carboxylic acids is 1. The van der Waals surface area contributed by atoms with Crippen LogP contribution < -0.4 is 5.32 Å². The van der Waals surface area contributed by atoms with E-state index in [2.05, 4.69) is 62.0 Å². The number of hydrogen-bond donors (Lipinski definition) is 1. The SMILES string of the molecule is CC(C)C(C)NC(=O)CSc1nnc(-c2ccccc2Br)n1Cc1ccccc1. The summed E-state index contributed by atoms with van der Waals surface area (Å²) in [5.41, 5.74) is 2.13. The Balaban J connectivity index is 1.85. The summed E-state index contributed by atoms with van der Waals surface area (Å²) in [5.74, 6) is 1.49. The Morgan fingerprint density at radius 1 is 1.07 bits per heavy atom. The summed E-state index contributed by atoms with van der Waals surface area (Å²) in [6.45, 7) is 6.85. The molecule has 1 heterocycles. The molecule has 3 aromatic rings. The van der Waals surface area contributed by atoms with Gasteiger partial charge in [0.2, 0.25) is 5.91 Å². The highest BCUT2D eigenvalue weighted by molar-refractivity contribution is 9.10. The van der Waals surface area contributed by atoms with Crippen molar-refractivity contribution in [2.45, 2.75) is 38.5 Å². The van der Waals surface area contributed by atoms with Gasteiger partial charge in [0.25, 0.3) is 0 Å². The molecule has 0 spiro atoms. The zero-order valence-corrected chi connectivity index (χ0v) is 19.2. The minimum absolute atomic E-state index is 0.00732. The Bertz CT molecular complexity index is 958. The molecule has 5 nitrogen and oxygen atoms in total. The predicted molar refractivity (Wildman–Crippen MR) is 122 cm³/mol. The zero-order chi connectivity index (χ0) is 20.8. The minimum atomic E-state index is 0.00732. The van der Waals surface area contributed by atoms with Crippen LogP contribution in [0.1, 0.15) is 26.3 Å². The van der Waals surface area contributed by atoms with E-state index in [0.717, 1.165) is 26.6 Å². The van der Waals surface area contributed by atoms with Gasteiger partial charge in [-0.25, -0.2) is 0 Å². The molecule has 1 unspecified atom stereocenters. The average Bonchev–Trinajstić information content (AvgIpc) is 3.09. The molecule has 0 radical (unpaired) electrons. The van der Waals surface area contributed by atoms with Gasteiger partial charge in [-0.05, 0) is 24.5 Å². The number of nitrogens with zero attached hydrogens (tertiary/aromatic N) is 3. The first-order chi connectivity index (χ1) is 14.0. The summed E-state index contributed by atoms with van der Waals surface area (Å²) < 4.78 is 3.03. The fourth-order valence-electron chi connectivity index (χ4n) is 2.74. The molecule has 1 amide bonds. The number of halogens is 1. The van der Waals surface area contributed by atoms with Crippen LogP contribution in [0.4, 0.5) is 0 Å². The molecule has 1 N–H and O–H groups in total. The molecular formula is C22H25BrN4OS. The van der Waals surface area contributed by atoms with Crippen molar-refractivity contribution in [2.24, 2.45) is 5.92 Å². The number of benzene rings is 2. The molecule has 3 rings (SSSR count). The molecule has 0 saturated carbocycles. The van der Waals surface area contributed by atoms with Crippen LogP contribution in [0.5, 0.6) is 0 Å². The lowest BCUT2D eigenvalue weighted by Gasteiger charge is -2.17. The van der Waals surface area contributed by atoms with Crippen LogP contribution in [0, 0.1) is 5.92 Å². The molecule has 0 aliphatic rings. The average molecular weight is 473 g/mol. The second-order valence-electron chi connectivity index (χ2n) is 7.25. The summed E-state index contributed by atoms with van der Waals surface area (Å²) in [4.78, 5) is 12.3. The zero-order valence-electron chi connectivity index (χ0n) is 16.8. The number of nitrogens with one attached hydrogen (secondary N) is 1. The van der Waals surface area contributed by atoms with Crippen molar-refractivity contribution >= 4 is 33.6 Å². The van der Waals surface area contributed by atoms with Crippen LogP contribution in [0.2, 0.25) is 0 Å². The maximum Gasteiger partial charge on any atom is 0.230 e. The topological polar surface area (TPSA) is 59.8 Å². The van der Waals surface area contributed by atoms with E-state index in [9.17, 15) is 4.79 Å². The number of thioether (sulfide) groups is 1. The Kier molecular flexibility index (Phi) is 7.50. The standard InChI is InChI=1S/C22H25BrN4OS/c1-15(2)16(3)24-20(28)14-29-22-26-25-21(18-11-7-8-12-19(18)23)27(22)13-17-9-5-4-6-10-17/h4-12,15-16H,13-14H2,1-3H3,(H,24,28). The van der Waals surface area contributed by atoms with Crippen molar-refractivity contribution in [2.75, 3.05) is 5.75 Å². The Morgan fingerprint density at radius 2 is 1.76 bits per heavy atom. The molecule has 0 aliphatic carbocycles. The van der Waals surface area contributed by atoms with Crippen molar-refractivity contribution in [3.05, 3.63) is 64.6 Å². The van der Waals surface area contributed by atoms with Crippen LogP contribution in [0.3, 0.4) is 0 Å². The monoisotopic (exact) mass is 472 g/mol. The maximum atomic E-state index is 12.3. The molecular weight excluding hydrogens is 448 g/mol. The van der Waals surface area contributed by atoms with E-state index in [0.29, 0.717) is 18.2 Å². The molecule has 0 bridgehead atoms. The van der Waals surface area contributed by atoms with E-state index in [1.807, 2.05) is 49.4 Å². The Hall–Kier alpha value is -2.12.